The molecule has 1 aromatic heterocycles. The van der Waals surface area contributed by atoms with Crippen molar-refractivity contribution in [2.45, 2.75) is 59.5 Å². The predicted octanol–water partition coefficient (Wildman–Crippen LogP) is 4.24. The molecule has 1 aliphatic carbocycles. The van der Waals surface area contributed by atoms with Crippen molar-refractivity contribution < 1.29 is 4.74 Å². The summed E-state index contributed by atoms with van der Waals surface area (Å²) in [7, 11) is 0. The third kappa shape index (κ3) is 4.01. The minimum Gasteiger partial charge on any atom is -0.474 e. The van der Waals surface area contributed by atoms with E-state index in [1.165, 1.54) is 24.8 Å². The molecule has 1 heterocycles. The molecular weight excluding hydrogens is 222 g/mol. The number of rotatable bonds is 4. The molecule has 0 bridgehead atoms. The van der Waals surface area contributed by atoms with Crippen molar-refractivity contribution in [2.24, 2.45) is 11.3 Å². The maximum atomic E-state index is 5.81. The first-order valence-electron chi connectivity index (χ1n) is 7.04. The van der Waals surface area contributed by atoms with Crippen LogP contribution in [0.25, 0.3) is 0 Å². The van der Waals surface area contributed by atoms with Crippen molar-refractivity contribution in [1.29, 1.82) is 0 Å². The van der Waals surface area contributed by atoms with Gasteiger partial charge in [-0.1, -0.05) is 33.8 Å². The molecule has 2 nitrogen and oxygen atoms in total. The summed E-state index contributed by atoms with van der Waals surface area (Å²) in [6.07, 6.45) is 6.99. The lowest BCUT2D eigenvalue weighted by molar-refractivity contribution is 0.0695. The lowest BCUT2D eigenvalue weighted by atomic mass is 9.84. The Morgan fingerprint density at radius 1 is 1.28 bits per heavy atom. The molecule has 0 amide bonds. The van der Waals surface area contributed by atoms with Gasteiger partial charge in [0.15, 0.2) is 0 Å². The third-order valence-corrected chi connectivity index (χ3v) is 3.58. The maximum Gasteiger partial charge on any atom is 0.213 e. The molecule has 2 rings (SSSR count). The van der Waals surface area contributed by atoms with Gasteiger partial charge in [0.25, 0.3) is 0 Å². The van der Waals surface area contributed by atoms with E-state index >= 15 is 0 Å². The molecule has 1 saturated carbocycles. The Kier molecular flexibility index (Phi) is 3.94. The zero-order valence-corrected chi connectivity index (χ0v) is 12.1. The summed E-state index contributed by atoms with van der Waals surface area (Å²) in [4.78, 5) is 4.40. The minimum absolute atomic E-state index is 0.386. The van der Waals surface area contributed by atoms with Crippen LogP contribution in [0.15, 0.2) is 18.3 Å². The maximum absolute atomic E-state index is 5.81. The van der Waals surface area contributed by atoms with E-state index in [1.54, 1.807) is 0 Å². The van der Waals surface area contributed by atoms with Gasteiger partial charge >= 0.3 is 0 Å². The first-order chi connectivity index (χ1) is 8.42. The molecule has 0 unspecified atom stereocenters. The number of ether oxygens (including phenoxy) is 1. The van der Waals surface area contributed by atoms with Gasteiger partial charge in [0.05, 0.1) is 0 Å². The molecule has 1 aliphatic rings. The van der Waals surface area contributed by atoms with E-state index in [-0.39, 0.29) is 0 Å². The van der Waals surface area contributed by atoms with Crippen molar-refractivity contribution in [2.75, 3.05) is 0 Å². The summed E-state index contributed by atoms with van der Waals surface area (Å²) in [5.74, 6) is 1.60. The number of aryl methyl sites for hydroxylation is 1. The highest BCUT2D eigenvalue weighted by atomic mass is 16.5. The van der Waals surface area contributed by atoms with Gasteiger partial charge in [-0.05, 0) is 42.6 Å². The lowest BCUT2D eigenvalue weighted by Gasteiger charge is -2.32. The van der Waals surface area contributed by atoms with Crippen molar-refractivity contribution in [1.82, 2.24) is 4.98 Å². The van der Waals surface area contributed by atoms with E-state index in [2.05, 4.69) is 38.7 Å². The predicted molar refractivity (Wildman–Crippen MR) is 74.8 cm³/mol. The number of pyridine rings is 1. The van der Waals surface area contributed by atoms with Gasteiger partial charge in [-0.25, -0.2) is 4.98 Å². The Morgan fingerprint density at radius 3 is 2.50 bits per heavy atom. The topological polar surface area (TPSA) is 22.1 Å². The van der Waals surface area contributed by atoms with Crippen molar-refractivity contribution in [3.05, 3.63) is 23.9 Å². The summed E-state index contributed by atoms with van der Waals surface area (Å²) >= 11 is 0. The van der Waals surface area contributed by atoms with Crippen molar-refractivity contribution in [3.63, 3.8) is 0 Å². The molecule has 0 radical (unpaired) electrons. The summed E-state index contributed by atoms with van der Waals surface area (Å²) < 4.78 is 5.81. The zero-order valence-electron chi connectivity index (χ0n) is 12.1. The molecule has 18 heavy (non-hydrogen) atoms. The summed E-state index contributed by atoms with van der Waals surface area (Å²) in [6.45, 7) is 9.09. The monoisotopic (exact) mass is 247 g/mol. The minimum atomic E-state index is 0.386. The van der Waals surface area contributed by atoms with Gasteiger partial charge in [-0.15, -0.1) is 0 Å². The van der Waals surface area contributed by atoms with Gasteiger partial charge in [-0.2, -0.15) is 0 Å². The molecule has 0 atom stereocenters. The Labute approximate surface area is 111 Å². The highest BCUT2D eigenvalue weighted by Gasteiger charge is 2.27. The van der Waals surface area contributed by atoms with E-state index in [9.17, 15) is 0 Å². The molecule has 2 heteroatoms. The number of nitrogens with zero attached hydrogens (tertiary/aromatic N) is 1. The van der Waals surface area contributed by atoms with Crippen LogP contribution in [0.3, 0.4) is 0 Å². The van der Waals surface area contributed by atoms with E-state index in [1.807, 2.05) is 12.3 Å². The highest BCUT2D eigenvalue weighted by Crippen LogP contribution is 2.30. The largest absolute Gasteiger partial charge is 0.474 e. The van der Waals surface area contributed by atoms with E-state index in [4.69, 9.17) is 4.74 Å². The average Bonchev–Trinajstić information content (AvgIpc) is 2.25. The van der Waals surface area contributed by atoms with Gasteiger partial charge < -0.3 is 4.74 Å². The normalized spacial score (nSPS) is 23.6. The summed E-state index contributed by atoms with van der Waals surface area (Å²) in [6, 6.07) is 4.16. The number of hydrogen-bond donors (Lipinski definition) is 0. The van der Waals surface area contributed by atoms with Gasteiger partial charge in [-0.3, -0.25) is 0 Å². The molecule has 0 aliphatic heterocycles. The second-order valence-electron chi connectivity index (χ2n) is 6.88. The SMILES string of the molecule is CC(C)(C)CCc1ccc(O[C@H]2C[C@H](C)C2)nc1. The average molecular weight is 247 g/mol. The Hall–Kier alpha value is -1.05. The first kappa shape index (κ1) is 13.4. The van der Waals surface area contributed by atoms with Gasteiger partial charge in [0.1, 0.15) is 6.10 Å². The Bertz CT molecular complexity index is 371. The van der Waals surface area contributed by atoms with Crippen LogP contribution in [-0.2, 0) is 6.42 Å². The van der Waals surface area contributed by atoms with Crippen LogP contribution in [0.1, 0.15) is 52.5 Å². The first-order valence-corrected chi connectivity index (χ1v) is 7.04. The number of aromatic nitrogens is 1. The molecule has 0 spiro atoms. The quantitative estimate of drug-likeness (QED) is 0.794. The lowest BCUT2D eigenvalue weighted by Crippen LogP contribution is -2.32. The molecular formula is C16H25NO. The van der Waals surface area contributed by atoms with E-state index < -0.39 is 0 Å². The molecule has 1 fully saturated rings. The van der Waals surface area contributed by atoms with Gasteiger partial charge in [0, 0.05) is 12.3 Å². The Morgan fingerprint density at radius 2 is 2.00 bits per heavy atom. The third-order valence-electron chi connectivity index (χ3n) is 3.58. The molecule has 0 N–H and O–H groups in total. The fourth-order valence-corrected chi connectivity index (χ4v) is 2.24. The molecule has 1 aromatic rings. The standard InChI is InChI=1S/C16H25NO/c1-12-9-14(10-12)18-15-6-5-13(11-17-15)7-8-16(2,3)4/h5-6,11-12,14H,7-10H2,1-4H3/t12-,14-. The van der Waals surface area contributed by atoms with Crippen LogP contribution in [-0.4, -0.2) is 11.1 Å². The highest BCUT2D eigenvalue weighted by molar-refractivity contribution is 5.18. The van der Waals surface area contributed by atoms with Crippen LogP contribution in [0.4, 0.5) is 0 Å². The van der Waals surface area contributed by atoms with Crippen LogP contribution < -0.4 is 4.74 Å². The molecule has 0 aromatic carbocycles. The fraction of sp³-hybridized carbons (Fsp3) is 0.688. The fourth-order valence-electron chi connectivity index (χ4n) is 2.24. The van der Waals surface area contributed by atoms with E-state index in [0.717, 1.165) is 18.2 Å². The molecule has 0 saturated heterocycles. The second kappa shape index (κ2) is 5.29. The van der Waals surface area contributed by atoms with Crippen molar-refractivity contribution >= 4 is 0 Å². The molecule has 100 valence electrons. The van der Waals surface area contributed by atoms with Gasteiger partial charge in [0.2, 0.25) is 5.88 Å². The van der Waals surface area contributed by atoms with E-state index in [0.29, 0.717) is 11.5 Å². The van der Waals surface area contributed by atoms with Crippen LogP contribution >= 0.6 is 0 Å². The smallest absolute Gasteiger partial charge is 0.213 e. The van der Waals surface area contributed by atoms with Crippen LogP contribution in [0, 0.1) is 11.3 Å². The number of hydrogen-bond acceptors (Lipinski definition) is 2. The second-order valence-corrected chi connectivity index (χ2v) is 6.88. The zero-order chi connectivity index (χ0) is 13.2. The van der Waals surface area contributed by atoms with Crippen LogP contribution in [0.5, 0.6) is 5.88 Å². The van der Waals surface area contributed by atoms with Crippen LogP contribution in [0.2, 0.25) is 0 Å². The summed E-state index contributed by atoms with van der Waals surface area (Å²) in [5.41, 5.74) is 1.69. The summed E-state index contributed by atoms with van der Waals surface area (Å²) in [5, 5.41) is 0. The Balaban J connectivity index is 1.82. The van der Waals surface area contributed by atoms with Crippen molar-refractivity contribution in [3.8, 4) is 5.88 Å².